The Labute approximate surface area is 173 Å². The van der Waals surface area contributed by atoms with E-state index in [4.69, 9.17) is 15.3 Å². The highest BCUT2D eigenvalue weighted by Crippen LogP contribution is 2.21. The fraction of sp³-hybridized carbons (Fsp3) is 0.250. The van der Waals surface area contributed by atoms with Gasteiger partial charge in [-0.1, -0.05) is 36.9 Å². The first-order valence-corrected chi connectivity index (χ1v) is 10.1. The summed E-state index contributed by atoms with van der Waals surface area (Å²) in [5, 5.41) is 11.4. The van der Waals surface area contributed by atoms with E-state index in [1.165, 1.54) is 22.0 Å². The summed E-state index contributed by atoms with van der Waals surface area (Å²) in [4.78, 5) is 12.2. The third kappa shape index (κ3) is 5.64. The molecule has 0 saturated carbocycles. The van der Waals surface area contributed by atoms with Crippen LogP contribution in [0.2, 0.25) is 0 Å². The SMILES string of the molecule is CCc1ccc(NC(=O)CSc2nnc(COc3cccc(OC)c3)n2N)cc1. The van der Waals surface area contributed by atoms with Gasteiger partial charge in [0.2, 0.25) is 11.1 Å². The van der Waals surface area contributed by atoms with Crippen molar-refractivity contribution in [1.82, 2.24) is 14.9 Å². The van der Waals surface area contributed by atoms with Crippen LogP contribution in [0.5, 0.6) is 11.5 Å². The second-order valence-electron chi connectivity index (χ2n) is 6.12. The van der Waals surface area contributed by atoms with Crippen LogP contribution in [-0.2, 0) is 17.8 Å². The molecular formula is C20H23N5O3S. The van der Waals surface area contributed by atoms with Gasteiger partial charge in [-0.25, -0.2) is 4.68 Å². The highest BCUT2D eigenvalue weighted by Gasteiger charge is 2.13. The van der Waals surface area contributed by atoms with Gasteiger partial charge in [0.25, 0.3) is 0 Å². The fourth-order valence-corrected chi connectivity index (χ4v) is 3.17. The molecule has 0 unspecified atom stereocenters. The van der Waals surface area contributed by atoms with Crippen LogP contribution >= 0.6 is 11.8 Å². The fourth-order valence-electron chi connectivity index (χ4n) is 2.49. The van der Waals surface area contributed by atoms with Crippen molar-refractivity contribution in [3.8, 4) is 11.5 Å². The summed E-state index contributed by atoms with van der Waals surface area (Å²) >= 11 is 1.21. The van der Waals surface area contributed by atoms with Crippen molar-refractivity contribution >= 4 is 23.4 Å². The monoisotopic (exact) mass is 413 g/mol. The molecule has 0 atom stereocenters. The molecule has 3 aromatic rings. The van der Waals surface area contributed by atoms with Gasteiger partial charge < -0.3 is 20.6 Å². The molecule has 0 spiro atoms. The molecule has 0 aliphatic rings. The first kappa shape index (κ1) is 20.5. The van der Waals surface area contributed by atoms with Gasteiger partial charge >= 0.3 is 0 Å². The van der Waals surface area contributed by atoms with Crippen molar-refractivity contribution in [3.05, 3.63) is 59.9 Å². The number of ether oxygens (including phenoxy) is 2. The number of carbonyl (C=O) groups excluding carboxylic acids is 1. The molecule has 0 fully saturated rings. The zero-order chi connectivity index (χ0) is 20.6. The number of anilines is 1. The number of amides is 1. The lowest BCUT2D eigenvalue weighted by molar-refractivity contribution is -0.113. The molecule has 2 aromatic carbocycles. The highest BCUT2D eigenvalue weighted by atomic mass is 32.2. The van der Waals surface area contributed by atoms with Crippen molar-refractivity contribution < 1.29 is 14.3 Å². The normalized spacial score (nSPS) is 10.6. The third-order valence-electron chi connectivity index (χ3n) is 4.12. The van der Waals surface area contributed by atoms with Gasteiger partial charge in [0.05, 0.1) is 12.9 Å². The maximum atomic E-state index is 12.2. The second-order valence-corrected chi connectivity index (χ2v) is 7.07. The Hall–Kier alpha value is -3.20. The number of methoxy groups -OCH3 is 1. The molecule has 0 aliphatic heterocycles. The zero-order valence-electron chi connectivity index (χ0n) is 16.3. The molecule has 0 saturated heterocycles. The molecule has 1 aromatic heterocycles. The van der Waals surface area contributed by atoms with Crippen LogP contribution in [0.3, 0.4) is 0 Å². The summed E-state index contributed by atoms with van der Waals surface area (Å²) in [6.07, 6.45) is 0.958. The zero-order valence-corrected chi connectivity index (χ0v) is 17.1. The summed E-state index contributed by atoms with van der Waals surface area (Å²) in [5.74, 6) is 7.84. The third-order valence-corrected chi connectivity index (χ3v) is 5.07. The average Bonchev–Trinajstić information content (AvgIpc) is 3.11. The van der Waals surface area contributed by atoms with E-state index in [9.17, 15) is 4.79 Å². The quantitative estimate of drug-likeness (QED) is 0.410. The van der Waals surface area contributed by atoms with Gasteiger partial charge in [-0.15, -0.1) is 10.2 Å². The van der Waals surface area contributed by atoms with Crippen LogP contribution in [0.4, 0.5) is 5.69 Å². The predicted molar refractivity (Wildman–Crippen MR) is 113 cm³/mol. The number of rotatable bonds is 9. The van der Waals surface area contributed by atoms with Crippen molar-refractivity contribution in [2.75, 3.05) is 24.0 Å². The smallest absolute Gasteiger partial charge is 0.234 e. The Kier molecular flexibility index (Phi) is 6.96. The van der Waals surface area contributed by atoms with Crippen LogP contribution in [0.1, 0.15) is 18.3 Å². The van der Waals surface area contributed by atoms with Gasteiger partial charge in [0.1, 0.15) is 18.1 Å². The van der Waals surface area contributed by atoms with E-state index in [1.807, 2.05) is 42.5 Å². The maximum Gasteiger partial charge on any atom is 0.234 e. The summed E-state index contributed by atoms with van der Waals surface area (Å²) < 4.78 is 12.2. The minimum atomic E-state index is -0.142. The largest absolute Gasteiger partial charge is 0.497 e. The number of benzene rings is 2. The highest BCUT2D eigenvalue weighted by molar-refractivity contribution is 7.99. The van der Waals surface area contributed by atoms with Crippen molar-refractivity contribution in [2.24, 2.45) is 0 Å². The predicted octanol–water partition coefficient (Wildman–Crippen LogP) is 2.87. The minimum Gasteiger partial charge on any atom is -0.497 e. The van der Waals surface area contributed by atoms with E-state index >= 15 is 0 Å². The molecule has 0 radical (unpaired) electrons. The van der Waals surface area contributed by atoms with E-state index in [0.29, 0.717) is 22.5 Å². The van der Waals surface area contributed by atoms with Crippen LogP contribution in [0, 0.1) is 0 Å². The van der Waals surface area contributed by atoms with Crippen LogP contribution in [0.25, 0.3) is 0 Å². The van der Waals surface area contributed by atoms with Gasteiger partial charge in [-0.2, -0.15) is 0 Å². The Bertz CT molecular complexity index is 959. The Balaban J connectivity index is 1.51. The Morgan fingerprint density at radius 2 is 1.93 bits per heavy atom. The molecule has 29 heavy (non-hydrogen) atoms. The number of nitrogens with one attached hydrogen (secondary N) is 1. The van der Waals surface area contributed by atoms with E-state index in [-0.39, 0.29) is 18.3 Å². The lowest BCUT2D eigenvalue weighted by Gasteiger charge is -2.08. The summed E-state index contributed by atoms with van der Waals surface area (Å²) in [6, 6.07) is 15.0. The van der Waals surface area contributed by atoms with Gasteiger partial charge in [0.15, 0.2) is 5.82 Å². The van der Waals surface area contributed by atoms with Crippen LogP contribution < -0.4 is 20.6 Å². The number of thioether (sulfide) groups is 1. The molecule has 1 heterocycles. The van der Waals surface area contributed by atoms with Crippen molar-refractivity contribution in [2.45, 2.75) is 25.1 Å². The van der Waals surface area contributed by atoms with E-state index in [1.54, 1.807) is 13.2 Å². The number of carbonyl (C=O) groups is 1. The summed E-state index contributed by atoms with van der Waals surface area (Å²) in [6.45, 7) is 2.23. The van der Waals surface area contributed by atoms with E-state index in [2.05, 4.69) is 22.4 Å². The van der Waals surface area contributed by atoms with Crippen LogP contribution in [0.15, 0.2) is 53.7 Å². The summed E-state index contributed by atoms with van der Waals surface area (Å²) in [7, 11) is 1.59. The van der Waals surface area contributed by atoms with Crippen LogP contribution in [-0.4, -0.2) is 33.6 Å². The minimum absolute atomic E-state index is 0.142. The molecular weight excluding hydrogens is 390 g/mol. The van der Waals surface area contributed by atoms with Gasteiger partial charge in [0, 0.05) is 11.8 Å². The van der Waals surface area contributed by atoms with Gasteiger partial charge in [-0.05, 0) is 36.2 Å². The number of nitrogen functional groups attached to an aromatic ring is 1. The van der Waals surface area contributed by atoms with Gasteiger partial charge in [-0.3, -0.25) is 4.79 Å². The molecule has 1 amide bonds. The first-order valence-electron chi connectivity index (χ1n) is 9.07. The Morgan fingerprint density at radius 3 is 2.66 bits per heavy atom. The van der Waals surface area contributed by atoms with E-state index in [0.717, 1.165) is 12.1 Å². The average molecular weight is 414 g/mol. The summed E-state index contributed by atoms with van der Waals surface area (Å²) in [5.41, 5.74) is 1.98. The van der Waals surface area contributed by atoms with Crippen molar-refractivity contribution in [3.63, 3.8) is 0 Å². The maximum absolute atomic E-state index is 12.2. The Morgan fingerprint density at radius 1 is 1.17 bits per heavy atom. The number of hydrogen-bond acceptors (Lipinski definition) is 7. The second kappa shape index (κ2) is 9.83. The molecule has 3 N–H and O–H groups in total. The lowest BCUT2D eigenvalue weighted by atomic mass is 10.1. The first-order chi connectivity index (χ1) is 14.1. The number of nitrogens with two attached hydrogens (primary N) is 1. The molecule has 8 nitrogen and oxygen atoms in total. The lowest BCUT2D eigenvalue weighted by Crippen LogP contribution is -2.18. The molecule has 0 bridgehead atoms. The standard InChI is InChI=1S/C20H23N5O3S/c1-3-14-7-9-15(10-8-14)22-19(26)13-29-20-24-23-18(25(20)21)12-28-17-6-4-5-16(11-17)27-2/h4-11H,3,12-13,21H2,1-2H3,(H,22,26). The molecule has 152 valence electrons. The molecule has 0 aliphatic carbocycles. The van der Waals surface area contributed by atoms with Crippen molar-refractivity contribution in [1.29, 1.82) is 0 Å². The van der Waals surface area contributed by atoms with E-state index < -0.39 is 0 Å². The number of nitrogens with zero attached hydrogens (tertiary/aromatic N) is 3. The molecule has 3 rings (SSSR count). The number of aromatic nitrogens is 3. The number of hydrogen-bond donors (Lipinski definition) is 2. The molecule has 9 heteroatoms. The number of aryl methyl sites for hydroxylation is 1. The topological polar surface area (TPSA) is 104 Å².